The monoisotopic (exact) mass is 409 g/mol. The van der Waals surface area contributed by atoms with Crippen molar-refractivity contribution in [2.24, 2.45) is 7.05 Å². The lowest BCUT2D eigenvalue weighted by molar-refractivity contribution is -0.386. The van der Waals surface area contributed by atoms with Gasteiger partial charge in [-0.3, -0.25) is 14.8 Å². The molecule has 0 fully saturated rings. The van der Waals surface area contributed by atoms with Gasteiger partial charge in [-0.05, 0) is 32.0 Å². The van der Waals surface area contributed by atoms with E-state index in [0.29, 0.717) is 31.0 Å². The molecule has 2 aromatic rings. The van der Waals surface area contributed by atoms with Crippen LogP contribution in [0.2, 0.25) is 18.1 Å². The minimum Gasteiger partial charge on any atom is -0.472 e. The minimum absolute atomic E-state index is 0.0260. The molecule has 0 aliphatic heterocycles. The summed E-state index contributed by atoms with van der Waals surface area (Å²) in [7, 11) is 0.00271. The van der Waals surface area contributed by atoms with Crippen molar-refractivity contribution in [3.8, 4) is 11.6 Å². The first-order valence-corrected chi connectivity index (χ1v) is 12.3. The van der Waals surface area contributed by atoms with Gasteiger partial charge in [-0.25, -0.2) is 4.68 Å². The Morgan fingerprint density at radius 1 is 1.21 bits per heavy atom. The number of hydrogen-bond donors (Lipinski definition) is 0. The number of nitro groups is 1. The van der Waals surface area contributed by atoms with E-state index >= 15 is 0 Å². The molecular formula is C18H31N5O4Si. The first-order valence-electron chi connectivity index (χ1n) is 9.36. The average molecular weight is 410 g/mol. The highest BCUT2D eigenvalue weighted by molar-refractivity contribution is 6.74. The molecule has 0 aromatic carbocycles. The highest BCUT2D eigenvalue weighted by atomic mass is 28.4. The topological polar surface area (TPSA) is 97.2 Å². The molecule has 0 saturated carbocycles. The van der Waals surface area contributed by atoms with E-state index < -0.39 is 13.2 Å². The van der Waals surface area contributed by atoms with Crippen LogP contribution >= 0.6 is 0 Å². The van der Waals surface area contributed by atoms with Crippen LogP contribution in [0, 0.1) is 24.0 Å². The Kier molecular flexibility index (Phi) is 6.34. The van der Waals surface area contributed by atoms with Crippen molar-refractivity contribution in [3.05, 3.63) is 27.7 Å². The van der Waals surface area contributed by atoms with Gasteiger partial charge in [-0.1, -0.05) is 20.8 Å². The molecule has 0 N–H and O–H groups in total. The number of nitrogens with zero attached hydrogens (tertiary/aromatic N) is 5. The van der Waals surface area contributed by atoms with Crippen molar-refractivity contribution in [3.63, 3.8) is 0 Å². The third-order valence-electron chi connectivity index (χ3n) is 5.47. The fourth-order valence-corrected chi connectivity index (χ4v) is 3.56. The molecule has 0 atom stereocenters. The van der Waals surface area contributed by atoms with Crippen LogP contribution in [-0.4, -0.2) is 46.0 Å². The molecule has 0 saturated heterocycles. The van der Waals surface area contributed by atoms with E-state index in [2.05, 4.69) is 44.1 Å². The first-order chi connectivity index (χ1) is 12.9. The summed E-state index contributed by atoms with van der Waals surface area (Å²) in [6.45, 7) is 15.4. The zero-order chi connectivity index (χ0) is 21.3. The summed E-state index contributed by atoms with van der Waals surface area (Å²) in [5.74, 6) is 0.0260. The summed E-state index contributed by atoms with van der Waals surface area (Å²) in [5, 5.41) is 20.2. The summed E-state index contributed by atoms with van der Waals surface area (Å²) >= 11 is 0. The lowest BCUT2D eigenvalue weighted by Gasteiger charge is -2.36. The Morgan fingerprint density at radius 3 is 2.36 bits per heavy atom. The van der Waals surface area contributed by atoms with Gasteiger partial charge in [-0.2, -0.15) is 5.10 Å². The molecule has 9 nitrogen and oxygen atoms in total. The lowest BCUT2D eigenvalue weighted by atomic mass is 10.2. The third-order valence-corrected chi connectivity index (χ3v) is 10.0. The molecule has 156 valence electrons. The number of aromatic nitrogens is 4. The van der Waals surface area contributed by atoms with Gasteiger partial charge in [0, 0.05) is 20.1 Å². The smallest absolute Gasteiger partial charge is 0.353 e. The van der Waals surface area contributed by atoms with E-state index in [1.165, 1.54) is 4.68 Å². The predicted molar refractivity (Wildman–Crippen MR) is 110 cm³/mol. The fourth-order valence-electron chi connectivity index (χ4n) is 2.48. The number of aryl methyl sites for hydroxylation is 1. The maximum Gasteiger partial charge on any atom is 0.353 e. The highest BCUT2D eigenvalue weighted by Gasteiger charge is 2.37. The summed E-state index contributed by atoms with van der Waals surface area (Å²) in [6.07, 6.45) is 2.28. The van der Waals surface area contributed by atoms with Crippen LogP contribution in [0.25, 0.3) is 5.69 Å². The summed E-state index contributed by atoms with van der Waals surface area (Å²) in [5.41, 5.74) is 1.84. The van der Waals surface area contributed by atoms with Gasteiger partial charge in [0.05, 0.1) is 23.4 Å². The first kappa shape index (κ1) is 22.1. The minimum atomic E-state index is -1.81. The molecule has 28 heavy (non-hydrogen) atoms. The van der Waals surface area contributed by atoms with E-state index in [0.717, 1.165) is 5.69 Å². The molecular weight excluding hydrogens is 378 g/mol. The molecule has 0 spiro atoms. The molecule has 2 rings (SSSR count). The second kappa shape index (κ2) is 8.04. The van der Waals surface area contributed by atoms with Crippen LogP contribution < -0.4 is 4.74 Å². The summed E-state index contributed by atoms with van der Waals surface area (Å²) in [6, 6.07) is 0. The Balaban J connectivity index is 2.09. The van der Waals surface area contributed by atoms with E-state index in [9.17, 15) is 10.1 Å². The molecule has 10 heteroatoms. The van der Waals surface area contributed by atoms with Crippen molar-refractivity contribution in [1.29, 1.82) is 0 Å². The third kappa shape index (κ3) is 4.44. The van der Waals surface area contributed by atoms with Gasteiger partial charge in [0.15, 0.2) is 8.32 Å². The largest absolute Gasteiger partial charge is 0.472 e. The fraction of sp³-hybridized carbons (Fsp3) is 0.667. The predicted octanol–water partition coefficient (Wildman–Crippen LogP) is 3.92. The van der Waals surface area contributed by atoms with E-state index in [4.69, 9.17) is 9.16 Å². The van der Waals surface area contributed by atoms with Crippen LogP contribution in [0.15, 0.2) is 6.20 Å². The molecule has 0 amide bonds. The Bertz CT molecular complexity index is 851. The van der Waals surface area contributed by atoms with Crippen LogP contribution in [0.1, 0.15) is 38.6 Å². The quantitative estimate of drug-likeness (QED) is 0.284. The number of rotatable bonds is 8. The molecule has 0 bridgehead atoms. The lowest BCUT2D eigenvalue weighted by Crippen LogP contribution is -2.41. The highest BCUT2D eigenvalue weighted by Crippen LogP contribution is 2.36. The van der Waals surface area contributed by atoms with Gasteiger partial charge in [0.25, 0.3) is 0 Å². The molecule has 0 aliphatic carbocycles. The van der Waals surface area contributed by atoms with Crippen LogP contribution in [0.5, 0.6) is 5.88 Å². The summed E-state index contributed by atoms with van der Waals surface area (Å²) < 4.78 is 15.0. The van der Waals surface area contributed by atoms with Crippen molar-refractivity contribution >= 4 is 14.0 Å². The van der Waals surface area contributed by atoms with Gasteiger partial charge < -0.3 is 9.16 Å². The van der Waals surface area contributed by atoms with Crippen molar-refractivity contribution < 1.29 is 14.1 Å². The number of ether oxygens (including phenoxy) is 1. The normalized spacial score (nSPS) is 12.4. The second-order valence-corrected chi connectivity index (χ2v) is 13.3. The van der Waals surface area contributed by atoms with Crippen molar-refractivity contribution in [2.75, 3.05) is 13.2 Å². The van der Waals surface area contributed by atoms with E-state index in [1.807, 2.05) is 14.0 Å². The van der Waals surface area contributed by atoms with Crippen LogP contribution in [0.4, 0.5) is 5.69 Å². The molecule has 0 aliphatic rings. The Morgan fingerprint density at radius 2 is 1.86 bits per heavy atom. The second-order valence-electron chi connectivity index (χ2n) is 8.46. The van der Waals surface area contributed by atoms with Crippen LogP contribution in [-0.2, 0) is 11.5 Å². The average Bonchev–Trinajstić information content (AvgIpc) is 3.06. The zero-order valence-corrected chi connectivity index (χ0v) is 19.1. The van der Waals surface area contributed by atoms with Gasteiger partial charge >= 0.3 is 11.6 Å². The molecule has 2 heterocycles. The van der Waals surface area contributed by atoms with Gasteiger partial charge in [-0.15, -0.1) is 5.10 Å². The van der Waals surface area contributed by atoms with Gasteiger partial charge in [0.1, 0.15) is 11.4 Å². The SMILES string of the molecule is Cc1c(-n2nc(OCCCO[Si](C)(C)C(C)(C)C)c([N+](=O)[O-])c2C)cnn1C. The van der Waals surface area contributed by atoms with Crippen molar-refractivity contribution in [1.82, 2.24) is 19.6 Å². The van der Waals surface area contributed by atoms with E-state index in [1.54, 1.807) is 17.8 Å². The van der Waals surface area contributed by atoms with Crippen LogP contribution in [0.3, 0.4) is 0 Å². The van der Waals surface area contributed by atoms with Gasteiger partial charge in [0.2, 0.25) is 0 Å². The van der Waals surface area contributed by atoms with Crippen molar-refractivity contribution in [2.45, 2.75) is 59.2 Å². The molecule has 2 aromatic heterocycles. The summed E-state index contributed by atoms with van der Waals surface area (Å²) in [4.78, 5) is 11.1. The van der Waals surface area contributed by atoms with E-state index in [-0.39, 0.29) is 16.6 Å². The maximum atomic E-state index is 11.5. The maximum absolute atomic E-state index is 11.5. The molecule has 0 unspecified atom stereocenters. The Hall–Kier alpha value is -2.20. The molecule has 0 radical (unpaired) electrons. The number of hydrogen-bond acceptors (Lipinski definition) is 6. The standard InChI is InChI=1S/C18H31N5O4Si/c1-13-15(12-19-21(13)6)22-14(2)16(23(24)25)17(20-22)26-10-9-11-27-28(7,8)18(3,4)5/h12H,9-11H2,1-8H3. The zero-order valence-electron chi connectivity index (χ0n) is 18.1. The Labute approximate surface area is 166 Å².